The molecule has 1 fully saturated rings. The Hall–Kier alpha value is -0.610. The van der Waals surface area contributed by atoms with E-state index >= 15 is 0 Å². The molecular formula is C3H7N3O. The molecule has 3 N–H and O–H groups in total. The second-order valence-corrected chi connectivity index (χ2v) is 1.48. The highest BCUT2D eigenvalue weighted by atomic mass is 16.2. The molecule has 0 aromatic carbocycles. The van der Waals surface area contributed by atoms with Crippen LogP contribution in [0.25, 0.3) is 0 Å². The summed E-state index contributed by atoms with van der Waals surface area (Å²) in [6.45, 7) is 0.624. The minimum atomic E-state index is 0.00231. The number of amides is 1. The van der Waals surface area contributed by atoms with Gasteiger partial charge in [0.1, 0.15) is 0 Å². The summed E-state index contributed by atoms with van der Waals surface area (Å²) in [6, 6.07) is 0. The lowest BCUT2D eigenvalue weighted by atomic mass is 10.5. The molecule has 1 rings (SSSR count). The molecule has 1 saturated heterocycles. The number of nitrogens with zero attached hydrogens (tertiary/aromatic N) is 1. The van der Waals surface area contributed by atoms with Crippen molar-refractivity contribution in [1.29, 1.82) is 0 Å². The van der Waals surface area contributed by atoms with Gasteiger partial charge in [0.05, 0.1) is 0 Å². The third-order valence-electron chi connectivity index (χ3n) is 0.848. The Morgan fingerprint density at radius 3 is 2.71 bits per heavy atom. The Morgan fingerprint density at radius 2 is 2.57 bits per heavy atom. The first-order chi connectivity index (χ1) is 3.29. The van der Waals surface area contributed by atoms with Crippen molar-refractivity contribution in [2.75, 3.05) is 6.54 Å². The summed E-state index contributed by atoms with van der Waals surface area (Å²) in [7, 11) is 0. The summed E-state index contributed by atoms with van der Waals surface area (Å²) in [5.41, 5.74) is 2.39. The lowest BCUT2D eigenvalue weighted by molar-refractivity contribution is -0.121. The zero-order valence-corrected chi connectivity index (χ0v) is 3.85. The van der Waals surface area contributed by atoms with Crippen molar-refractivity contribution in [2.45, 2.75) is 6.42 Å². The van der Waals surface area contributed by atoms with Crippen molar-refractivity contribution < 1.29 is 4.79 Å². The standard InChI is InChI=1S/C3H7N3O/c4-6-2-1-3(7)5-6/h1-2,4H2,(H,5,7). The van der Waals surface area contributed by atoms with Gasteiger partial charge in [-0.05, 0) is 0 Å². The van der Waals surface area contributed by atoms with Gasteiger partial charge in [-0.15, -0.1) is 0 Å². The summed E-state index contributed by atoms with van der Waals surface area (Å²) >= 11 is 0. The van der Waals surface area contributed by atoms with Crippen LogP contribution in [0, 0.1) is 0 Å². The van der Waals surface area contributed by atoms with Gasteiger partial charge in [0.15, 0.2) is 0 Å². The van der Waals surface area contributed by atoms with Crippen LogP contribution in [-0.4, -0.2) is 17.6 Å². The van der Waals surface area contributed by atoms with E-state index in [4.69, 9.17) is 5.84 Å². The Morgan fingerprint density at radius 1 is 1.86 bits per heavy atom. The predicted molar refractivity (Wildman–Crippen MR) is 23.7 cm³/mol. The van der Waals surface area contributed by atoms with E-state index < -0.39 is 0 Å². The molecule has 4 nitrogen and oxygen atoms in total. The zero-order chi connectivity index (χ0) is 5.28. The van der Waals surface area contributed by atoms with E-state index in [0.717, 1.165) is 0 Å². The van der Waals surface area contributed by atoms with Gasteiger partial charge in [-0.2, -0.15) is 5.12 Å². The van der Waals surface area contributed by atoms with E-state index in [1.165, 1.54) is 5.12 Å². The fourth-order valence-corrected chi connectivity index (χ4v) is 0.494. The van der Waals surface area contributed by atoms with Crippen LogP contribution in [0.3, 0.4) is 0 Å². The zero-order valence-electron chi connectivity index (χ0n) is 3.85. The maximum atomic E-state index is 10.2. The number of nitrogens with one attached hydrogen (secondary N) is 1. The largest absolute Gasteiger partial charge is 0.275 e. The molecule has 1 heterocycles. The summed E-state index contributed by atoms with van der Waals surface area (Å²) < 4.78 is 0. The van der Waals surface area contributed by atoms with Gasteiger partial charge in [0.2, 0.25) is 5.91 Å². The van der Waals surface area contributed by atoms with Crippen molar-refractivity contribution >= 4 is 5.91 Å². The lowest BCUT2D eigenvalue weighted by Gasteiger charge is -2.02. The average Bonchev–Trinajstić information content (AvgIpc) is 1.87. The van der Waals surface area contributed by atoms with Gasteiger partial charge in [-0.3, -0.25) is 16.1 Å². The Kier molecular flexibility index (Phi) is 0.958. The number of hydrogen-bond donors (Lipinski definition) is 2. The molecule has 0 atom stereocenters. The average molecular weight is 101 g/mol. The van der Waals surface area contributed by atoms with Crippen molar-refractivity contribution in [3.63, 3.8) is 0 Å². The molecule has 40 valence electrons. The van der Waals surface area contributed by atoms with E-state index in [9.17, 15) is 4.79 Å². The molecule has 0 spiro atoms. The van der Waals surface area contributed by atoms with E-state index in [0.29, 0.717) is 13.0 Å². The first-order valence-electron chi connectivity index (χ1n) is 2.11. The number of hydrogen-bond acceptors (Lipinski definition) is 3. The van der Waals surface area contributed by atoms with Crippen molar-refractivity contribution in [3.05, 3.63) is 0 Å². The van der Waals surface area contributed by atoms with E-state index in [2.05, 4.69) is 5.43 Å². The van der Waals surface area contributed by atoms with E-state index in [1.807, 2.05) is 0 Å². The van der Waals surface area contributed by atoms with Crippen LogP contribution in [0.1, 0.15) is 6.42 Å². The fraction of sp³-hybridized carbons (Fsp3) is 0.667. The molecule has 7 heavy (non-hydrogen) atoms. The van der Waals surface area contributed by atoms with Crippen molar-refractivity contribution in [1.82, 2.24) is 10.5 Å². The molecule has 0 aromatic heterocycles. The molecular weight excluding hydrogens is 94.1 g/mol. The van der Waals surface area contributed by atoms with Crippen LogP contribution in [-0.2, 0) is 4.79 Å². The second-order valence-electron chi connectivity index (χ2n) is 1.48. The lowest BCUT2D eigenvalue weighted by Crippen LogP contribution is -2.38. The maximum absolute atomic E-state index is 10.2. The van der Waals surface area contributed by atoms with Crippen LogP contribution in [0.15, 0.2) is 0 Å². The Labute approximate surface area is 41.2 Å². The van der Waals surface area contributed by atoms with Gasteiger partial charge in [0.25, 0.3) is 0 Å². The molecule has 0 aliphatic carbocycles. The van der Waals surface area contributed by atoms with Gasteiger partial charge in [0, 0.05) is 13.0 Å². The highest BCUT2D eigenvalue weighted by Gasteiger charge is 2.12. The number of rotatable bonds is 0. The molecule has 1 amide bonds. The quantitative estimate of drug-likeness (QED) is 0.369. The highest BCUT2D eigenvalue weighted by Crippen LogP contribution is 1.88. The number of carbonyl (C=O) groups excluding carboxylic acids is 1. The molecule has 1 aliphatic rings. The number of carbonyl (C=O) groups is 1. The first kappa shape index (κ1) is 4.55. The third kappa shape index (κ3) is 0.880. The summed E-state index contributed by atoms with van der Waals surface area (Å²) in [5.74, 6) is 5.13. The van der Waals surface area contributed by atoms with Crippen LogP contribution in [0.4, 0.5) is 0 Å². The maximum Gasteiger partial charge on any atom is 0.236 e. The smallest absolute Gasteiger partial charge is 0.236 e. The SMILES string of the molecule is NN1CCC(=O)N1. The molecule has 0 saturated carbocycles. The van der Waals surface area contributed by atoms with E-state index in [1.54, 1.807) is 0 Å². The number of nitrogens with two attached hydrogens (primary N) is 1. The molecule has 0 unspecified atom stereocenters. The first-order valence-corrected chi connectivity index (χ1v) is 2.11. The Bertz CT molecular complexity index is 92.2. The minimum Gasteiger partial charge on any atom is -0.275 e. The van der Waals surface area contributed by atoms with Crippen LogP contribution >= 0.6 is 0 Å². The van der Waals surface area contributed by atoms with Gasteiger partial charge < -0.3 is 0 Å². The summed E-state index contributed by atoms with van der Waals surface area (Å²) in [6.07, 6.45) is 0.524. The molecule has 4 heteroatoms. The molecule has 0 radical (unpaired) electrons. The van der Waals surface area contributed by atoms with Crippen LogP contribution in [0.5, 0.6) is 0 Å². The summed E-state index contributed by atoms with van der Waals surface area (Å²) in [5, 5.41) is 1.28. The number of hydrazine groups is 2. The van der Waals surface area contributed by atoms with Gasteiger partial charge in [-0.25, -0.2) is 0 Å². The van der Waals surface area contributed by atoms with Crippen LogP contribution in [0.2, 0.25) is 0 Å². The Balaban J connectivity index is 2.40. The monoisotopic (exact) mass is 101 g/mol. The van der Waals surface area contributed by atoms with Crippen molar-refractivity contribution in [3.8, 4) is 0 Å². The van der Waals surface area contributed by atoms with Crippen LogP contribution < -0.4 is 11.3 Å². The predicted octanol–water partition coefficient (Wildman–Crippen LogP) is -1.40. The topological polar surface area (TPSA) is 58.4 Å². The third-order valence-corrected chi connectivity index (χ3v) is 0.848. The van der Waals surface area contributed by atoms with E-state index in [-0.39, 0.29) is 5.91 Å². The minimum absolute atomic E-state index is 0.00231. The normalized spacial score (nSPS) is 22.7. The fourth-order valence-electron chi connectivity index (χ4n) is 0.494. The van der Waals surface area contributed by atoms with Crippen molar-refractivity contribution in [2.24, 2.45) is 5.84 Å². The summed E-state index contributed by atoms with van der Waals surface area (Å²) in [4.78, 5) is 10.2. The highest BCUT2D eigenvalue weighted by molar-refractivity contribution is 5.77. The second kappa shape index (κ2) is 1.48. The van der Waals surface area contributed by atoms with Gasteiger partial charge in [-0.1, -0.05) is 0 Å². The van der Waals surface area contributed by atoms with Gasteiger partial charge >= 0.3 is 0 Å². The molecule has 1 aliphatic heterocycles. The molecule has 0 bridgehead atoms. The molecule has 0 aromatic rings.